The highest BCUT2D eigenvalue weighted by Gasteiger charge is 2.22. The third-order valence-corrected chi connectivity index (χ3v) is 2.20. The number of carbonyl (C=O) groups is 1. The third-order valence-electron chi connectivity index (χ3n) is 1.62. The lowest BCUT2D eigenvalue weighted by atomic mass is 10.2. The number of ether oxygens (including phenoxy) is 1. The molecule has 0 radical (unpaired) electrons. The van der Waals surface area contributed by atoms with Crippen LogP contribution in [0.5, 0.6) is 0 Å². The molecule has 1 unspecified atom stereocenters. The van der Waals surface area contributed by atoms with Gasteiger partial charge in [0.25, 0.3) is 0 Å². The number of carbonyl (C=O) groups excluding carboxylic acids is 1. The van der Waals surface area contributed by atoms with Crippen molar-refractivity contribution in [3.8, 4) is 0 Å². The second kappa shape index (κ2) is 6.23. The van der Waals surface area contributed by atoms with Crippen LogP contribution in [0.1, 0.15) is 27.2 Å². The van der Waals surface area contributed by atoms with Crippen LogP contribution in [0.2, 0.25) is 0 Å². The largest absolute Gasteiger partial charge is 0.469 e. The van der Waals surface area contributed by atoms with E-state index in [4.69, 9.17) is 14.5 Å². The summed E-state index contributed by atoms with van der Waals surface area (Å²) in [6.45, 7) is 4.89. The Hall–Kier alpha value is -0.420. The molecule has 0 amide bonds. The molecule has 0 spiro atoms. The molecule has 90 valence electrons. The van der Waals surface area contributed by atoms with Crippen LogP contribution in [0.15, 0.2) is 0 Å². The lowest BCUT2D eigenvalue weighted by Gasteiger charge is -2.17. The quantitative estimate of drug-likeness (QED) is 0.533. The van der Waals surface area contributed by atoms with Gasteiger partial charge in [0.1, 0.15) is 12.7 Å². The fourth-order valence-electron chi connectivity index (χ4n) is 0.759. The van der Waals surface area contributed by atoms with Crippen molar-refractivity contribution >= 4 is 13.8 Å². The highest BCUT2D eigenvalue weighted by Crippen LogP contribution is 2.38. The van der Waals surface area contributed by atoms with E-state index in [0.717, 1.165) is 0 Å². The highest BCUT2D eigenvalue weighted by atomic mass is 31.2. The molecule has 15 heavy (non-hydrogen) atoms. The van der Waals surface area contributed by atoms with Gasteiger partial charge >= 0.3 is 13.8 Å². The summed E-state index contributed by atoms with van der Waals surface area (Å²) in [6.07, 6.45) is -0.412. The summed E-state index contributed by atoms with van der Waals surface area (Å²) in [7, 11) is -4.51. The molecule has 6 nitrogen and oxygen atoms in total. The van der Waals surface area contributed by atoms with Crippen molar-refractivity contribution in [2.24, 2.45) is 5.92 Å². The molecule has 0 rings (SSSR count). The fraction of sp³-hybridized carbons (Fsp3) is 0.875. The van der Waals surface area contributed by atoms with Crippen LogP contribution in [0, 0.1) is 5.92 Å². The SMILES string of the molecule is CCC(COC(=O)C(C)C)OP(=O)(O)O. The first-order chi connectivity index (χ1) is 6.76. The van der Waals surface area contributed by atoms with Crippen LogP contribution in [0.4, 0.5) is 0 Å². The maximum Gasteiger partial charge on any atom is 0.469 e. The molecule has 0 saturated heterocycles. The predicted molar refractivity (Wildman–Crippen MR) is 53.0 cm³/mol. The average Bonchev–Trinajstić information content (AvgIpc) is 2.09. The highest BCUT2D eigenvalue weighted by molar-refractivity contribution is 7.46. The van der Waals surface area contributed by atoms with E-state index in [9.17, 15) is 9.36 Å². The van der Waals surface area contributed by atoms with Gasteiger partial charge in [0.2, 0.25) is 0 Å². The fourth-order valence-corrected chi connectivity index (χ4v) is 1.36. The minimum Gasteiger partial charge on any atom is -0.463 e. The van der Waals surface area contributed by atoms with Gasteiger partial charge in [0.15, 0.2) is 0 Å². The minimum atomic E-state index is -4.51. The van der Waals surface area contributed by atoms with Crippen LogP contribution in [0.3, 0.4) is 0 Å². The normalized spacial score (nSPS) is 14.0. The van der Waals surface area contributed by atoms with E-state index >= 15 is 0 Å². The molecule has 0 bridgehead atoms. The minimum absolute atomic E-state index is 0.140. The van der Waals surface area contributed by atoms with Crippen LogP contribution < -0.4 is 0 Å². The topological polar surface area (TPSA) is 93.1 Å². The van der Waals surface area contributed by atoms with E-state index in [-0.39, 0.29) is 12.5 Å². The number of hydrogen-bond donors (Lipinski definition) is 2. The Labute approximate surface area is 88.8 Å². The Morgan fingerprint density at radius 3 is 2.27 bits per heavy atom. The van der Waals surface area contributed by atoms with Gasteiger partial charge in [-0.3, -0.25) is 9.32 Å². The Balaban J connectivity index is 4.02. The molecule has 0 aromatic rings. The summed E-state index contributed by atoms with van der Waals surface area (Å²) in [5.41, 5.74) is 0. The summed E-state index contributed by atoms with van der Waals surface area (Å²) < 4.78 is 19.7. The molecule has 0 fully saturated rings. The van der Waals surface area contributed by atoms with Crippen LogP contribution in [0.25, 0.3) is 0 Å². The zero-order chi connectivity index (χ0) is 12.1. The van der Waals surface area contributed by atoms with Crippen LogP contribution in [-0.4, -0.2) is 28.5 Å². The first-order valence-electron chi connectivity index (χ1n) is 4.66. The van der Waals surface area contributed by atoms with Gasteiger partial charge in [0.05, 0.1) is 5.92 Å². The first-order valence-corrected chi connectivity index (χ1v) is 6.20. The van der Waals surface area contributed by atoms with E-state index < -0.39 is 19.9 Å². The first kappa shape index (κ1) is 14.6. The predicted octanol–water partition coefficient (Wildman–Crippen LogP) is 1.07. The standard InChI is InChI=1S/C8H17O6P/c1-4-7(14-15(10,11)12)5-13-8(9)6(2)3/h6-7H,4-5H2,1-3H3,(H2,10,11,12). The van der Waals surface area contributed by atoms with Crippen molar-refractivity contribution in [3.63, 3.8) is 0 Å². The second-order valence-corrected chi connectivity index (χ2v) is 4.60. The number of hydrogen-bond acceptors (Lipinski definition) is 4. The smallest absolute Gasteiger partial charge is 0.463 e. The van der Waals surface area contributed by atoms with Crippen LogP contribution >= 0.6 is 7.82 Å². The molecule has 2 N–H and O–H groups in total. The van der Waals surface area contributed by atoms with Crippen molar-refractivity contribution in [2.45, 2.75) is 33.3 Å². The lowest BCUT2D eigenvalue weighted by molar-refractivity contribution is -0.150. The Morgan fingerprint density at radius 1 is 1.40 bits per heavy atom. The zero-order valence-electron chi connectivity index (χ0n) is 9.04. The number of esters is 1. The summed E-state index contributed by atoms with van der Waals surface area (Å²) in [5.74, 6) is -0.680. The summed E-state index contributed by atoms with van der Waals surface area (Å²) in [4.78, 5) is 28.1. The van der Waals surface area contributed by atoms with Gasteiger partial charge in [-0.15, -0.1) is 0 Å². The summed E-state index contributed by atoms with van der Waals surface area (Å²) in [6, 6.07) is 0. The van der Waals surface area contributed by atoms with Gasteiger partial charge in [-0.25, -0.2) is 4.57 Å². The zero-order valence-corrected chi connectivity index (χ0v) is 9.94. The Bertz CT molecular complexity index is 246. The molecule has 0 aliphatic rings. The molecular weight excluding hydrogens is 223 g/mol. The van der Waals surface area contributed by atoms with E-state index in [2.05, 4.69) is 4.52 Å². The van der Waals surface area contributed by atoms with Crippen molar-refractivity contribution in [3.05, 3.63) is 0 Å². The third kappa shape index (κ3) is 7.50. The number of phosphoric ester groups is 1. The molecule has 0 saturated carbocycles. The van der Waals surface area contributed by atoms with Gasteiger partial charge in [-0.2, -0.15) is 0 Å². The molecule has 7 heteroatoms. The molecule has 0 heterocycles. The Kier molecular flexibility index (Phi) is 6.05. The molecule has 0 aliphatic heterocycles. The van der Waals surface area contributed by atoms with Gasteiger partial charge in [-0.05, 0) is 6.42 Å². The molecule has 0 aromatic carbocycles. The monoisotopic (exact) mass is 240 g/mol. The molecule has 0 aliphatic carbocycles. The van der Waals surface area contributed by atoms with Gasteiger partial charge in [0, 0.05) is 0 Å². The second-order valence-electron chi connectivity index (χ2n) is 3.41. The van der Waals surface area contributed by atoms with Crippen molar-refractivity contribution in [2.75, 3.05) is 6.61 Å². The lowest BCUT2D eigenvalue weighted by Crippen LogP contribution is -2.22. The summed E-state index contributed by atoms with van der Waals surface area (Å²) in [5, 5.41) is 0. The maximum absolute atomic E-state index is 11.1. The van der Waals surface area contributed by atoms with Gasteiger partial charge < -0.3 is 14.5 Å². The average molecular weight is 240 g/mol. The van der Waals surface area contributed by atoms with Crippen molar-refractivity contribution < 1.29 is 28.4 Å². The summed E-state index contributed by atoms with van der Waals surface area (Å²) >= 11 is 0. The maximum atomic E-state index is 11.1. The van der Waals surface area contributed by atoms with Crippen LogP contribution in [-0.2, 0) is 18.6 Å². The Morgan fingerprint density at radius 2 is 1.93 bits per heavy atom. The molecular formula is C8H17O6P. The number of rotatable bonds is 6. The van der Waals surface area contributed by atoms with E-state index in [1.807, 2.05) is 0 Å². The van der Waals surface area contributed by atoms with E-state index in [1.165, 1.54) is 0 Å². The molecule has 1 atom stereocenters. The number of phosphoric acid groups is 1. The van der Waals surface area contributed by atoms with E-state index in [1.54, 1.807) is 20.8 Å². The van der Waals surface area contributed by atoms with Gasteiger partial charge in [-0.1, -0.05) is 20.8 Å². The van der Waals surface area contributed by atoms with Crippen molar-refractivity contribution in [1.82, 2.24) is 0 Å². The van der Waals surface area contributed by atoms with E-state index in [0.29, 0.717) is 6.42 Å². The van der Waals surface area contributed by atoms with Crippen molar-refractivity contribution in [1.29, 1.82) is 0 Å². The molecule has 0 aromatic heterocycles.